The SMILES string of the molecule is CCCCCCCCCCCCCCCCCCNC(=O)CN1CCN(CC(=O)[O-])CCN(CC(=O)[O-])CCN(CC(=O)[O-])CC1.[Gd+3]. The van der Waals surface area contributed by atoms with Crippen molar-refractivity contribution in [2.45, 2.75) is 110 Å². The van der Waals surface area contributed by atoms with Crippen LogP contribution in [0.1, 0.15) is 110 Å². The maximum absolute atomic E-state index is 12.8. The van der Waals surface area contributed by atoms with E-state index in [1.807, 2.05) is 4.90 Å². The van der Waals surface area contributed by atoms with Gasteiger partial charge in [0, 0.05) is 78.5 Å². The Labute approximate surface area is 316 Å². The molecule has 1 fully saturated rings. The largest absolute Gasteiger partial charge is 3.00 e. The van der Waals surface area contributed by atoms with Crippen LogP contribution in [0.5, 0.6) is 0 Å². The van der Waals surface area contributed by atoms with Crippen LogP contribution in [0.2, 0.25) is 0 Å². The van der Waals surface area contributed by atoms with E-state index >= 15 is 0 Å². The van der Waals surface area contributed by atoms with Gasteiger partial charge in [-0.2, -0.15) is 0 Å². The smallest absolute Gasteiger partial charge is 0.549 e. The molecule has 0 unspecified atom stereocenters. The molecule has 1 heterocycles. The second-order valence-electron chi connectivity index (χ2n) is 12.9. The molecule has 1 radical (unpaired) electrons. The van der Waals surface area contributed by atoms with Gasteiger partial charge in [0.25, 0.3) is 0 Å². The number of hydrogen-bond acceptors (Lipinski definition) is 11. The molecule has 13 heteroatoms. The van der Waals surface area contributed by atoms with Gasteiger partial charge in [0.05, 0.1) is 24.5 Å². The molecule has 0 bridgehead atoms. The molecule has 273 valence electrons. The summed E-state index contributed by atoms with van der Waals surface area (Å²) in [5, 5.41) is 36.9. The van der Waals surface area contributed by atoms with Gasteiger partial charge < -0.3 is 35.0 Å². The van der Waals surface area contributed by atoms with Gasteiger partial charge in [-0.15, -0.1) is 0 Å². The maximum Gasteiger partial charge on any atom is 3.00 e. The third-order valence-corrected chi connectivity index (χ3v) is 8.71. The number of nitrogens with zero attached hydrogens (tertiary/aromatic N) is 4. The molecular weight excluding hydrogens is 748 g/mol. The van der Waals surface area contributed by atoms with Crippen LogP contribution in [0, 0.1) is 39.9 Å². The fourth-order valence-corrected chi connectivity index (χ4v) is 5.92. The number of rotatable bonds is 25. The van der Waals surface area contributed by atoms with E-state index in [2.05, 4.69) is 12.2 Å². The Hall–Kier alpha value is -0.955. The Morgan fingerprint density at radius 3 is 0.979 bits per heavy atom. The second kappa shape index (κ2) is 31.1. The van der Waals surface area contributed by atoms with Crippen molar-refractivity contribution in [2.24, 2.45) is 0 Å². The monoisotopic (exact) mass is 810 g/mol. The van der Waals surface area contributed by atoms with E-state index in [0.29, 0.717) is 32.7 Å². The van der Waals surface area contributed by atoms with E-state index in [9.17, 15) is 34.5 Å². The Morgan fingerprint density at radius 1 is 0.447 bits per heavy atom. The Balaban J connectivity index is 0.0000212. The Morgan fingerprint density at radius 2 is 0.702 bits per heavy atom. The summed E-state index contributed by atoms with van der Waals surface area (Å²) in [5.41, 5.74) is 0. The molecule has 0 atom stereocenters. The predicted molar refractivity (Wildman–Crippen MR) is 173 cm³/mol. The summed E-state index contributed by atoms with van der Waals surface area (Å²) >= 11 is 0. The van der Waals surface area contributed by atoms with E-state index in [0.717, 1.165) is 12.8 Å². The number of carboxylic acids is 3. The average Bonchev–Trinajstić information content (AvgIpc) is 2.99. The van der Waals surface area contributed by atoms with Crippen molar-refractivity contribution < 1.29 is 74.4 Å². The zero-order valence-corrected chi connectivity index (χ0v) is 31.3. The maximum atomic E-state index is 12.8. The minimum Gasteiger partial charge on any atom is -0.549 e. The van der Waals surface area contributed by atoms with Crippen molar-refractivity contribution in [3.05, 3.63) is 0 Å². The minimum absolute atomic E-state index is 0. The first-order valence-electron chi connectivity index (χ1n) is 17.9. The molecule has 47 heavy (non-hydrogen) atoms. The number of nitrogens with one attached hydrogen (secondary N) is 1. The van der Waals surface area contributed by atoms with Gasteiger partial charge in [0.1, 0.15) is 0 Å². The van der Waals surface area contributed by atoms with Crippen molar-refractivity contribution >= 4 is 23.8 Å². The normalized spacial score (nSPS) is 16.1. The van der Waals surface area contributed by atoms with Crippen molar-refractivity contribution in [1.82, 2.24) is 24.9 Å². The fourth-order valence-electron chi connectivity index (χ4n) is 5.92. The number of aliphatic carboxylic acids is 3. The number of carboxylic acid groups (broad SMARTS) is 3. The molecule has 1 N–H and O–H groups in total. The fraction of sp³-hybridized carbons (Fsp3) is 0.882. The zero-order valence-electron chi connectivity index (χ0n) is 29.0. The van der Waals surface area contributed by atoms with E-state index in [-0.39, 0.29) is 98.2 Å². The summed E-state index contributed by atoms with van der Waals surface area (Å²) < 4.78 is 0. The van der Waals surface area contributed by atoms with Crippen molar-refractivity contribution in [1.29, 1.82) is 0 Å². The van der Waals surface area contributed by atoms with Crippen LogP contribution in [0.25, 0.3) is 0 Å². The van der Waals surface area contributed by atoms with E-state index < -0.39 is 17.9 Å². The van der Waals surface area contributed by atoms with Gasteiger partial charge >= 0.3 is 39.9 Å². The average molecular weight is 810 g/mol. The molecule has 1 aliphatic heterocycles. The van der Waals surface area contributed by atoms with Gasteiger partial charge in [-0.05, 0) is 6.42 Å². The summed E-state index contributed by atoms with van der Waals surface area (Å²) in [6.07, 6.45) is 20.7. The zero-order chi connectivity index (χ0) is 33.8. The molecule has 0 aromatic carbocycles. The third kappa shape index (κ3) is 28.6. The Bertz CT molecular complexity index is 807. The van der Waals surface area contributed by atoms with Crippen LogP contribution in [0.15, 0.2) is 0 Å². The minimum atomic E-state index is -1.26. The van der Waals surface area contributed by atoms with Gasteiger partial charge in [0.2, 0.25) is 5.91 Å². The van der Waals surface area contributed by atoms with Crippen molar-refractivity contribution in [3.8, 4) is 0 Å². The first kappa shape index (κ1) is 46.0. The summed E-state index contributed by atoms with van der Waals surface area (Å²) in [4.78, 5) is 53.4. The van der Waals surface area contributed by atoms with Gasteiger partial charge in [-0.3, -0.25) is 24.4 Å². The van der Waals surface area contributed by atoms with Crippen molar-refractivity contribution in [2.75, 3.05) is 85.1 Å². The summed E-state index contributed by atoms with van der Waals surface area (Å²) in [6.45, 7) is 4.55. The molecule has 0 aromatic rings. The first-order chi connectivity index (χ1) is 22.2. The molecule has 1 amide bonds. The quantitative estimate of drug-likeness (QED) is 0.122. The number of hydrogen-bond donors (Lipinski definition) is 1. The molecular formula is C34H62GdN5O7. The molecule has 0 aromatic heterocycles. The molecule has 12 nitrogen and oxygen atoms in total. The summed E-state index contributed by atoms with van der Waals surface area (Å²) in [5.74, 6) is -3.85. The molecule has 0 spiro atoms. The van der Waals surface area contributed by atoms with E-state index in [1.165, 1.54) is 89.9 Å². The first-order valence-corrected chi connectivity index (χ1v) is 17.9. The second-order valence-corrected chi connectivity index (χ2v) is 12.9. The topological polar surface area (TPSA) is 162 Å². The van der Waals surface area contributed by atoms with Crippen molar-refractivity contribution in [3.63, 3.8) is 0 Å². The van der Waals surface area contributed by atoms with Crippen LogP contribution >= 0.6 is 0 Å². The number of carbonyl (C=O) groups excluding carboxylic acids is 4. The van der Waals surface area contributed by atoms with Crippen LogP contribution in [0.4, 0.5) is 0 Å². The van der Waals surface area contributed by atoms with E-state index in [1.54, 1.807) is 14.7 Å². The number of amides is 1. The standard InChI is InChI=1S/C34H65N5O7.Gd/c1-2-3-4-5-6-7-8-9-10-11-12-13-14-15-16-17-18-35-31(40)27-36-19-21-37(28-32(41)42)23-25-39(30-34(45)46)26-24-38(22-20-36)29-33(43)44;/h2-30H2,1H3,(H,35,40)(H,41,42)(H,43,44)(H,45,46);/q;+3/p-3. The van der Waals surface area contributed by atoms with Gasteiger partial charge in [0.15, 0.2) is 0 Å². The third-order valence-electron chi connectivity index (χ3n) is 8.71. The van der Waals surface area contributed by atoms with Crippen LogP contribution in [-0.4, -0.2) is 128 Å². The summed E-state index contributed by atoms with van der Waals surface area (Å²) in [7, 11) is 0. The molecule has 1 saturated heterocycles. The molecule has 0 saturated carbocycles. The summed E-state index contributed by atoms with van der Waals surface area (Å²) in [6, 6.07) is 0. The van der Waals surface area contributed by atoms with Gasteiger partial charge in [-0.25, -0.2) is 0 Å². The predicted octanol–water partition coefficient (Wildman–Crippen LogP) is -0.165. The number of unbranched alkanes of at least 4 members (excludes halogenated alkanes) is 15. The van der Waals surface area contributed by atoms with Crippen LogP contribution in [-0.2, 0) is 19.2 Å². The van der Waals surface area contributed by atoms with Crippen LogP contribution < -0.4 is 20.6 Å². The molecule has 1 aliphatic rings. The Kier molecular flexibility index (Phi) is 30.4. The van der Waals surface area contributed by atoms with Gasteiger partial charge in [-0.1, -0.05) is 103 Å². The van der Waals surface area contributed by atoms with Crippen LogP contribution in [0.3, 0.4) is 0 Å². The molecule has 1 rings (SSSR count). The van der Waals surface area contributed by atoms with E-state index in [4.69, 9.17) is 0 Å². The molecule has 0 aliphatic carbocycles. The number of carbonyl (C=O) groups is 4.